The molecule has 0 saturated carbocycles. The number of nitrogens with zero attached hydrogens (tertiary/aromatic N) is 1. The fourth-order valence-electron chi connectivity index (χ4n) is 2.64. The second-order valence-corrected chi connectivity index (χ2v) is 8.44. The minimum atomic E-state index is -0.526. The number of hydrogen-bond donors (Lipinski definition) is 0. The summed E-state index contributed by atoms with van der Waals surface area (Å²) in [5.41, 5.74) is 3.83. The molecule has 1 atom stereocenters. The third-order valence-electron chi connectivity index (χ3n) is 4.29. The van der Waals surface area contributed by atoms with Crippen LogP contribution < -0.4 is 5.19 Å². The topological polar surface area (TPSA) is 22.1 Å². The van der Waals surface area contributed by atoms with Crippen molar-refractivity contribution in [1.82, 2.24) is 4.98 Å². The average molecular weight is 455 g/mol. The second-order valence-electron chi connectivity index (χ2n) is 5.99. The van der Waals surface area contributed by atoms with Crippen LogP contribution in [0.5, 0.6) is 0 Å². The van der Waals surface area contributed by atoms with E-state index in [2.05, 4.69) is 31.0 Å². The van der Waals surface area contributed by atoms with Gasteiger partial charge in [-0.2, -0.15) is 0 Å². The van der Waals surface area contributed by atoms with Gasteiger partial charge in [-0.15, -0.1) is 0 Å². The van der Waals surface area contributed by atoms with Gasteiger partial charge in [0.1, 0.15) is 10.3 Å². The normalized spacial score (nSPS) is 12.2. The Labute approximate surface area is 181 Å². The Kier molecular flexibility index (Phi) is 6.85. The molecule has 3 aromatic rings. The molecule has 2 radical (unpaired) electrons. The summed E-state index contributed by atoms with van der Waals surface area (Å²) in [7, 11) is 0.0935. The summed E-state index contributed by atoms with van der Waals surface area (Å²) < 4.78 is 6.32. The number of aromatic nitrogens is 1. The van der Waals surface area contributed by atoms with Crippen LogP contribution in [-0.4, -0.2) is 14.7 Å². The molecule has 0 aliphatic carbocycles. The Morgan fingerprint density at radius 3 is 2.11 bits per heavy atom. The number of halogens is 4. The van der Waals surface area contributed by atoms with E-state index in [0.29, 0.717) is 5.56 Å². The van der Waals surface area contributed by atoms with Crippen molar-refractivity contribution in [2.75, 3.05) is 0 Å². The lowest BCUT2D eigenvalue weighted by molar-refractivity contribution is 0.266. The summed E-state index contributed by atoms with van der Waals surface area (Å²) in [6.45, 7) is 4.16. The van der Waals surface area contributed by atoms with Crippen LogP contribution in [0, 0.1) is 13.8 Å². The van der Waals surface area contributed by atoms with E-state index in [4.69, 9.17) is 50.8 Å². The first-order chi connectivity index (χ1) is 12.9. The largest absolute Gasteiger partial charge is 0.400 e. The Morgan fingerprint density at radius 1 is 0.852 bits per heavy atom. The van der Waals surface area contributed by atoms with Crippen molar-refractivity contribution in [3.05, 3.63) is 91.1 Å². The lowest BCUT2D eigenvalue weighted by atomic mass is 10.0. The highest BCUT2D eigenvalue weighted by Crippen LogP contribution is 2.41. The van der Waals surface area contributed by atoms with Crippen LogP contribution in [-0.2, 0) is 4.43 Å². The van der Waals surface area contributed by atoms with Gasteiger partial charge in [0, 0.05) is 5.56 Å². The average Bonchev–Trinajstić information content (AvgIpc) is 2.66. The number of benzene rings is 2. The Morgan fingerprint density at radius 2 is 1.48 bits per heavy atom. The van der Waals surface area contributed by atoms with Gasteiger partial charge in [0.2, 0.25) is 0 Å². The second kappa shape index (κ2) is 8.95. The zero-order valence-electron chi connectivity index (χ0n) is 14.6. The van der Waals surface area contributed by atoms with Gasteiger partial charge >= 0.3 is 0 Å². The summed E-state index contributed by atoms with van der Waals surface area (Å²) in [4.78, 5) is 3.97. The standard InChI is InChI=1S/C20H15Cl4NOSi/c1-11-7-6-10-14(12(11)2)27-26-18(13-8-4-3-5-9-13)15-16(21)19(23)25-20(24)17(15)22/h3-10,18H,1-2H3. The molecular weight excluding hydrogens is 440 g/mol. The minimum Gasteiger partial charge on any atom is -0.400 e. The summed E-state index contributed by atoms with van der Waals surface area (Å²) in [5, 5.41) is 1.80. The van der Waals surface area contributed by atoms with Crippen LogP contribution >= 0.6 is 46.4 Å². The van der Waals surface area contributed by atoms with E-state index in [1.807, 2.05) is 36.4 Å². The van der Waals surface area contributed by atoms with Gasteiger partial charge < -0.3 is 4.43 Å². The SMILES string of the molecule is Cc1cccc([Si]OC(c2ccccc2)c2c(Cl)c(Cl)nc(Cl)c2Cl)c1C. The monoisotopic (exact) mass is 453 g/mol. The van der Waals surface area contributed by atoms with E-state index in [1.54, 1.807) is 0 Å². The third kappa shape index (κ3) is 4.51. The van der Waals surface area contributed by atoms with Crippen molar-refractivity contribution in [2.45, 2.75) is 20.0 Å². The predicted octanol–water partition coefficient (Wildman–Crippen LogP) is 6.36. The molecule has 1 heterocycles. The number of aryl methyl sites for hydroxylation is 1. The van der Waals surface area contributed by atoms with Gasteiger partial charge in [-0.05, 0) is 35.7 Å². The molecule has 7 heteroatoms. The lowest BCUT2D eigenvalue weighted by Crippen LogP contribution is -2.24. The molecule has 138 valence electrons. The molecule has 0 spiro atoms. The zero-order valence-corrected chi connectivity index (χ0v) is 18.6. The van der Waals surface area contributed by atoms with Crippen molar-refractivity contribution in [3.63, 3.8) is 0 Å². The zero-order chi connectivity index (χ0) is 19.6. The first-order valence-corrected chi connectivity index (χ1v) is 10.5. The Bertz CT molecular complexity index is 940. The van der Waals surface area contributed by atoms with Gasteiger partial charge in [0.25, 0.3) is 9.76 Å². The van der Waals surface area contributed by atoms with Gasteiger partial charge in [0.15, 0.2) is 0 Å². The fraction of sp³-hybridized carbons (Fsp3) is 0.150. The quantitative estimate of drug-likeness (QED) is 0.330. The lowest BCUT2D eigenvalue weighted by Gasteiger charge is -2.22. The first-order valence-electron chi connectivity index (χ1n) is 8.13. The third-order valence-corrected chi connectivity index (χ3v) is 6.91. The van der Waals surface area contributed by atoms with Crippen LogP contribution in [0.2, 0.25) is 20.4 Å². The van der Waals surface area contributed by atoms with Crippen molar-refractivity contribution in [2.24, 2.45) is 0 Å². The number of hydrogen-bond acceptors (Lipinski definition) is 2. The highest BCUT2D eigenvalue weighted by Gasteiger charge is 2.26. The highest BCUT2D eigenvalue weighted by molar-refractivity contribution is 6.48. The molecule has 0 fully saturated rings. The van der Waals surface area contributed by atoms with Crippen LogP contribution in [0.1, 0.15) is 28.4 Å². The summed E-state index contributed by atoms with van der Waals surface area (Å²) >= 11 is 25.2. The van der Waals surface area contributed by atoms with Gasteiger partial charge in [-0.3, -0.25) is 0 Å². The maximum absolute atomic E-state index is 6.44. The van der Waals surface area contributed by atoms with Gasteiger partial charge in [-0.25, -0.2) is 4.98 Å². The van der Waals surface area contributed by atoms with Gasteiger partial charge in [0.05, 0.1) is 16.1 Å². The molecule has 0 aliphatic rings. The molecule has 1 aromatic heterocycles. The molecule has 0 N–H and O–H groups in total. The molecule has 0 aliphatic heterocycles. The minimum absolute atomic E-state index is 0.0935. The van der Waals surface area contributed by atoms with E-state index in [9.17, 15) is 0 Å². The molecular formula is C20H15Cl4NOSi. The maximum Gasteiger partial charge on any atom is 0.270 e. The van der Waals surface area contributed by atoms with Crippen LogP contribution in [0.3, 0.4) is 0 Å². The van der Waals surface area contributed by atoms with Crippen molar-refractivity contribution >= 4 is 61.4 Å². The van der Waals surface area contributed by atoms with Crippen LogP contribution in [0.4, 0.5) is 0 Å². The van der Waals surface area contributed by atoms with E-state index >= 15 is 0 Å². The van der Waals surface area contributed by atoms with E-state index in [-0.39, 0.29) is 30.1 Å². The van der Waals surface area contributed by atoms with Crippen molar-refractivity contribution in [1.29, 1.82) is 0 Å². The predicted molar refractivity (Wildman–Crippen MR) is 115 cm³/mol. The van der Waals surface area contributed by atoms with Gasteiger partial charge in [-0.1, -0.05) is 94.9 Å². The fourth-order valence-corrected chi connectivity index (χ4v) is 4.59. The molecule has 1 unspecified atom stereocenters. The molecule has 27 heavy (non-hydrogen) atoms. The van der Waals surface area contributed by atoms with Crippen LogP contribution in [0.25, 0.3) is 0 Å². The summed E-state index contributed by atoms with van der Waals surface area (Å²) in [6, 6.07) is 15.8. The smallest absolute Gasteiger partial charge is 0.270 e. The van der Waals surface area contributed by atoms with E-state index in [0.717, 1.165) is 10.8 Å². The number of rotatable bonds is 5. The molecule has 3 rings (SSSR count). The first kappa shape index (κ1) is 20.7. The Balaban J connectivity index is 2.05. The van der Waals surface area contributed by atoms with E-state index in [1.165, 1.54) is 11.1 Å². The summed E-state index contributed by atoms with van der Waals surface area (Å²) in [5.74, 6) is 0. The maximum atomic E-state index is 6.44. The highest BCUT2D eigenvalue weighted by atomic mass is 35.5. The van der Waals surface area contributed by atoms with E-state index < -0.39 is 6.10 Å². The molecule has 0 bridgehead atoms. The van der Waals surface area contributed by atoms with Crippen LogP contribution in [0.15, 0.2) is 48.5 Å². The molecule has 2 aromatic carbocycles. The Hall–Kier alpha value is -1.07. The number of pyridine rings is 1. The molecule has 2 nitrogen and oxygen atoms in total. The molecule has 0 amide bonds. The van der Waals surface area contributed by atoms with Crippen molar-refractivity contribution < 1.29 is 4.43 Å². The molecule has 0 saturated heterocycles. The summed E-state index contributed by atoms with van der Waals surface area (Å²) in [6.07, 6.45) is -0.526. The van der Waals surface area contributed by atoms with Crippen molar-refractivity contribution in [3.8, 4) is 0 Å².